The molecule has 0 saturated heterocycles. The van der Waals surface area contributed by atoms with Gasteiger partial charge in [0.1, 0.15) is 0 Å². The summed E-state index contributed by atoms with van der Waals surface area (Å²) >= 11 is 0. The summed E-state index contributed by atoms with van der Waals surface area (Å²) < 4.78 is 5.81. The Kier molecular flexibility index (Phi) is 6.36. The molecule has 0 bridgehead atoms. The highest BCUT2D eigenvalue weighted by Crippen LogP contribution is 2.16. The summed E-state index contributed by atoms with van der Waals surface area (Å²) in [5, 5.41) is 2.96. The second kappa shape index (κ2) is 8.49. The van der Waals surface area contributed by atoms with Crippen molar-refractivity contribution in [3.8, 4) is 0 Å². The van der Waals surface area contributed by atoms with Crippen molar-refractivity contribution in [2.75, 3.05) is 13.2 Å². The fraction of sp³-hybridized carbons (Fsp3) is 0.350. The van der Waals surface area contributed by atoms with Crippen molar-refractivity contribution < 1.29 is 9.53 Å². The molecule has 2 aromatic rings. The van der Waals surface area contributed by atoms with Crippen LogP contribution in [0.1, 0.15) is 46.5 Å². The monoisotopic (exact) mass is 311 g/mol. The van der Waals surface area contributed by atoms with Crippen molar-refractivity contribution in [1.29, 1.82) is 0 Å². The van der Waals surface area contributed by atoms with Gasteiger partial charge in [-0.1, -0.05) is 42.5 Å². The minimum Gasteiger partial charge on any atom is -0.374 e. The van der Waals surface area contributed by atoms with E-state index in [0.717, 1.165) is 23.1 Å². The molecule has 0 aliphatic heterocycles. The van der Waals surface area contributed by atoms with Gasteiger partial charge in [0.2, 0.25) is 0 Å². The van der Waals surface area contributed by atoms with E-state index >= 15 is 0 Å². The van der Waals surface area contributed by atoms with Crippen molar-refractivity contribution in [2.24, 2.45) is 0 Å². The minimum absolute atomic E-state index is 0.0118. The molecule has 2 rings (SSSR count). The van der Waals surface area contributed by atoms with E-state index in [4.69, 9.17) is 4.74 Å². The second-order valence-electron chi connectivity index (χ2n) is 5.78. The largest absolute Gasteiger partial charge is 0.374 e. The molecule has 0 radical (unpaired) electrons. The molecule has 3 heteroatoms. The minimum atomic E-state index is -0.0118. The number of hydrogen-bond acceptors (Lipinski definition) is 2. The first-order valence-electron chi connectivity index (χ1n) is 8.10. The molecule has 1 N–H and O–H groups in total. The van der Waals surface area contributed by atoms with Crippen molar-refractivity contribution >= 4 is 5.91 Å². The number of nitrogens with one attached hydrogen (secondary N) is 1. The van der Waals surface area contributed by atoms with Gasteiger partial charge < -0.3 is 10.1 Å². The van der Waals surface area contributed by atoms with Crippen LogP contribution in [0.25, 0.3) is 0 Å². The molecule has 1 amide bonds. The molecular weight excluding hydrogens is 286 g/mol. The Morgan fingerprint density at radius 2 is 1.83 bits per heavy atom. The molecule has 3 nitrogen and oxygen atoms in total. The maximum Gasteiger partial charge on any atom is 0.251 e. The molecule has 2 aromatic carbocycles. The molecule has 1 atom stereocenters. The summed E-state index contributed by atoms with van der Waals surface area (Å²) in [5.74, 6) is -0.0118. The van der Waals surface area contributed by atoms with Gasteiger partial charge in [-0.3, -0.25) is 4.79 Å². The van der Waals surface area contributed by atoms with E-state index in [1.54, 1.807) is 0 Å². The first-order valence-corrected chi connectivity index (χ1v) is 8.10. The first kappa shape index (κ1) is 17.2. The first-order chi connectivity index (χ1) is 11.1. The smallest absolute Gasteiger partial charge is 0.251 e. The van der Waals surface area contributed by atoms with Crippen molar-refractivity contribution in [2.45, 2.75) is 33.3 Å². The number of hydrogen-bond donors (Lipinski definition) is 1. The zero-order valence-electron chi connectivity index (χ0n) is 14.1. The van der Waals surface area contributed by atoms with E-state index in [1.807, 2.05) is 57.2 Å². The highest BCUT2D eigenvalue weighted by Gasteiger charge is 2.09. The lowest BCUT2D eigenvalue weighted by atomic mass is 10.0. The van der Waals surface area contributed by atoms with Crippen molar-refractivity contribution in [3.63, 3.8) is 0 Å². The molecule has 0 spiro atoms. The van der Waals surface area contributed by atoms with Crippen LogP contribution in [0.2, 0.25) is 0 Å². The molecule has 0 aromatic heterocycles. The zero-order chi connectivity index (χ0) is 16.7. The summed E-state index contributed by atoms with van der Waals surface area (Å²) in [4.78, 5) is 12.2. The predicted molar refractivity (Wildman–Crippen MR) is 93.7 cm³/mol. The number of ether oxygens (including phenoxy) is 1. The van der Waals surface area contributed by atoms with E-state index < -0.39 is 0 Å². The molecule has 0 aliphatic rings. The topological polar surface area (TPSA) is 38.3 Å². The SMILES string of the molecule is Cc1cccc(C(=O)NCCCOC(C)c2ccccc2)c1C. The van der Waals surface area contributed by atoms with Crippen molar-refractivity contribution in [3.05, 3.63) is 70.8 Å². The predicted octanol–water partition coefficient (Wildman–Crippen LogP) is 4.20. The van der Waals surface area contributed by atoms with Crippen LogP contribution in [0.5, 0.6) is 0 Å². The van der Waals surface area contributed by atoms with Gasteiger partial charge in [-0.05, 0) is 49.9 Å². The van der Waals surface area contributed by atoms with Crippen LogP contribution >= 0.6 is 0 Å². The Morgan fingerprint density at radius 1 is 1.09 bits per heavy atom. The number of carbonyl (C=O) groups excluding carboxylic acids is 1. The quantitative estimate of drug-likeness (QED) is 0.778. The number of aryl methyl sites for hydroxylation is 1. The Balaban J connectivity index is 1.71. The van der Waals surface area contributed by atoms with Gasteiger partial charge in [-0.25, -0.2) is 0 Å². The Labute approximate surface area is 138 Å². The van der Waals surface area contributed by atoms with Gasteiger partial charge in [0.25, 0.3) is 5.91 Å². The van der Waals surface area contributed by atoms with Crippen LogP contribution in [-0.2, 0) is 4.74 Å². The molecule has 0 saturated carbocycles. The van der Waals surface area contributed by atoms with Gasteiger partial charge in [0, 0.05) is 18.7 Å². The Hall–Kier alpha value is -2.13. The standard InChI is InChI=1S/C20H25NO2/c1-15-9-7-12-19(16(15)2)20(22)21-13-8-14-23-17(3)18-10-5-4-6-11-18/h4-7,9-12,17H,8,13-14H2,1-3H3,(H,21,22). The molecule has 0 heterocycles. The number of rotatable bonds is 7. The van der Waals surface area contributed by atoms with Crippen LogP contribution in [0.3, 0.4) is 0 Å². The van der Waals surface area contributed by atoms with Gasteiger partial charge in [-0.15, -0.1) is 0 Å². The zero-order valence-corrected chi connectivity index (χ0v) is 14.1. The maximum absolute atomic E-state index is 12.2. The van der Waals surface area contributed by atoms with Crippen LogP contribution in [0.15, 0.2) is 48.5 Å². The van der Waals surface area contributed by atoms with E-state index in [2.05, 4.69) is 17.4 Å². The molecule has 0 fully saturated rings. The van der Waals surface area contributed by atoms with E-state index in [9.17, 15) is 4.79 Å². The van der Waals surface area contributed by atoms with Crippen LogP contribution in [0.4, 0.5) is 0 Å². The molecular formula is C20H25NO2. The number of amides is 1. The van der Waals surface area contributed by atoms with Crippen LogP contribution in [0, 0.1) is 13.8 Å². The highest BCUT2D eigenvalue weighted by molar-refractivity contribution is 5.95. The van der Waals surface area contributed by atoms with Crippen LogP contribution < -0.4 is 5.32 Å². The average molecular weight is 311 g/mol. The lowest BCUT2D eigenvalue weighted by Crippen LogP contribution is -2.26. The fourth-order valence-corrected chi connectivity index (χ4v) is 2.45. The van der Waals surface area contributed by atoms with Gasteiger partial charge >= 0.3 is 0 Å². The average Bonchev–Trinajstić information content (AvgIpc) is 2.57. The van der Waals surface area contributed by atoms with Gasteiger partial charge in [0.05, 0.1) is 6.10 Å². The summed E-state index contributed by atoms with van der Waals surface area (Å²) in [6.07, 6.45) is 0.874. The second-order valence-corrected chi connectivity index (χ2v) is 5.78. The third kappa shape index (κ3) is 4.93. The third-order valence-corrected chi connectivity index (χ3v) is 4.09. The number of carbonyl (C=O) groups is 1. The summed E-state index contributed by atoms with van der Waals surface area (Å²) in [6, 6.07) is 16.0. The molecule has 1 unspecified atom stereocenters. The Morgan fingerprint density at radius 3 is 2.57 bits per heavy atom. The normalized spacial score (nSPS) is 12.0. The van der Waals surface area contributed by atoms with E-state index in [-0.39, 0.29) is 12.0 Å². The van der Waals surface area contributed by atoms with Crippen molar-refractivity contribution in [1.82, 2.24) is 5.32 Å². The molecule has 122 valence electrons. The maximum atomic E-state index is 12.2. The van der Waals surface area contributed by atoms with Crippen LogP contribution in [-0.4, -0.2) is 19.1 Å². The lowest BCUT2D eigenvalue weighted by molar-refractivity contribution is 0.0635. The Bertz CT molecular complexity index is 637. The molecule has 23 heavy (non-hydrogen) atoms. The van der Waals surface area contributed by atoms with Gasteiger partial charge in [0.15, 0.2) is 0 Å². The summed E-state index contributed by atoms with van der Waals surface area (Å²) in [6.45, 7) is 7.29. The van der Waals surface area contributed by atoms with Gasteiger partial charge in [-0.2, -0.15) is 0 Å². The highest BCUT2D eigenvalue weighted by atomic mass is 16.5. The van der Waals surface area contributed by atoms with E-state index in [1.165, 1.54) is 5.56 Å². The molecule has 0 aliphatic carbocycles. The summed E-state index contributed by atoms with van der Waals surface area (Å²) in [7, 11) is 0. The number of benzene rings is 2. The summed E-state index contributed by atoms with van der Waals surface area (Å²) in [5.41, 5.74) is 4.10. The fourth-order valence-electron chi connectivity index (χ4n) is 2.45. The lowest BCUT2D eigenvalue weighted by Gasteiger charge is -2.14. The van der Waals surface area contributed by atoms with E-state index in [0.29, 0.717) is 13.2 Å². The third-order valence-electron chi connectivity index (χ3n) is 4.09.